The van der Waals surface area contributed by atoms with E-state index in [-0.39, 0.29) is 42.9 Å². The van der Waals surface area contributed by atoms with Gasteiger partial charge in [-0.05, 0) is 42.9 Å². The maximum atomic E-state index is 12.9. The number of hydrogen-bond donors (Lipinski definition) is 3. The number of carbonyl (C=O) groups excluding carboxylic acids is 1. The van der Waals surface area contributed by atoms with Crippen LogP contribution in [0.1, 0.15) is 40.0 Å². The first-order valence-electron chi connectivity index (χ1n) is 9.66. The lowest BCUT2D eigenvalue weighted by atomic mass is 9.83. The molecule has 0 radical (unpaired) electrons. The molecule has 1 fully saturated rings. The maximum Gasteiger partial charge on any atom is 0.242 e. The third kappa shape index (κ3) is 5.84. The van der Waals surface area contributed by atoms with Crippen molar-refractivity contribution in [3.05, 3.63) is 29.3 Å². The monoisotopic (exact) mass is 407 g/mol. The fraction of sp³-hybridized carbons (Fsp3) is 0.619. The molecule has 2 rings (SSSR count). The van der Waals surface area contributed by atoms with Crippen molar-refractivity contribution < 1.29 is 15.0 Å². The fourth-order valence-corrected chi connectivity index (χ4v) is 3.94. The summed E-state index contributed by atoms with van der Waals surface area (Å²) in [6.45, 7) is 6.31. The number of hydrogen-bond acceptors (Lipinski definition) is 5. The molecule has 0 aromatic heterocycles. The van der Waals surface area contributed by atoms with Crippen LogP contribution in [0.25, 0.3) is 0 Å². The van der Waals surface area contributed by atoms with Crippen LogP contribution in [-0.4, -0.2) is 47.5 Å². The van der Waals surface area contributed by atoms with Gasteiger partial charge in [0.25, 0.3) is 0 Å². The molecule has 0 saturated carbocycles. The van der Waals surface area contributed by atoms with Gasteiger partial charge in [-0.15, -0.1) is 0 Å². The molecule has 1 heterocycles. The quantitative estimate of drug-likeness (QED) is 0.645. The number of nitrogens with zero attached hydrogens (tertiary/aromatic N) is 2. The Bertz CT molecular complexity index is 714. The van der Waals surface area contributed by atoms with Gasteiger partial charge < -0.3 is 20.4 Å². The lowest BCUT2D eigenvalue weighted by Crippen LogP contribution is -2.47. The third-order valence-corrected chi connectivity index (χ3v) is 5.25. The highest BCUT2D eigenvalue weighted by molar-refractivity contribution is 6.30. The molecule has 0 bridgehead atoms. The first-order chi connectivity index (χ1) is 13.2. The van der Waals surface area contributed by atoms with Gasteiger partial charge in [-0.25, -0.2) is 0 Å². The van der Waals surface area contributed by atoms with Crippen LogP contribution in [0.5, 0.6) is 0 Å². The molecule has 1 aromatic rings. The van der Waals surface area contributed by atoms with Gasteiger partial charge in [-0.3, -0.25) is 4.79 Å². The van der Waals surface area contributed by atoms with Crippen molar-refractivity contribution in [1.82, 2.24) is 5.32 Å². The third-order valence-electron chi connectivity index (χ3n) is 5.02. The first-order valence-corrected chi connectivity index (χ1v) is 10.0. The predicted molar refractivity (Wildman–Crippen MR) is 110 cm³/mol. The summed E-state index contributed by atoms with van der Waals surface area (Å²) in [4.78, 5) is 14.9. The molecule has 4 atom stereocenters. The average Bonchev–Trinajstić information content (AvgIpc) is 2.98. The molecule has 28 heavy (non-hydrogen) atoms. The summed E-state index contributed by atoms with van der Waals surface area (Å²) >= 11 is 6.19. The molecular formula is C21H30ClN3O3. The van der Waals surface area contributed by atoms with Gasteiger partial charge in [0, 0.05) is 23.3 Å². The Morgan fingerprint density at radius 3 is 2.75 bits per heavy atom. The SMILES string of the molecule is CC(C)(C)CC1C(C#N)CC(C(=O)NCC[C@H](O)CO)N1c1cccc(Cl)c1. The zero-order valence-corrected chi connectivity index (χ0v) is 17.5. The number of halogens is 1. The van der Waals surface area contributed by atoms with Crippen molar-refractivity contribution in [3.63, 3.8) is 0 Å². The zero-order chi connectivity index (χ0) is 20.9. The molecule has 0 aliphatic carbocycles. The van der Waals surface area contributed by atoms with Crippen LogP contribution in [0.2, 0.25) is 5.02 Å². The van der Waals surface area contributed by atoms with Crippen LogP contribution >= 0.6 is 11.6 Å². The summed E-state index contributed by atoms with van der Waals surface area (Å²) in [7, 11) is 0. The van der Waals surface area contributed by atoms with Gasteiger partial charge in [0.05, 0.1) is 24.7 Å². The Labute approximate surface area is 172 Å². The topological polar surface area (TPSA) is 96.6 Å². The van der Waals surface area contributed by atoms with Crippen LogP contribution in [0.15, 0.2) is 24.3 Å². The van der Waals surface area contributed by atoms with Crippen molar-refractivity contribution in [2.45, 2.75) is 58.2 Å². The van der Waals surface area contributed by atoms with Crippen LogP contribution < -0.4 is 10.2 Å². The van der Waals surface area contributed by atoms with E-state index >= 15 is 0 Å². The summed E-state index contributed by atoms with van der Waals surface area (Å²) < 4.78 is 0. The second-order valence-corrected chi connectivity index (χ2v) is 9.06. The van der Waals surface area contributed by atoms with E-state index in [1.807, 2.05) is 23.1 Å². The Balaban J connectivity index is 2.29. The number of carbonyl (C=O) groups is 1. The van der Waals surface area contributed by atoms with Gasteiger partial charge in [-0.1, -0.05) is 38.4 Å². The minimum atomic E-state index is -0.853. The number of nitrogens with one attached hydrogen (secondary N) is 1. The Morgan fingerprint density at radius 1 is 1.46 bits per heavy atom. The average molecular weight is 408 g/mol. The van der Waals surface area contributed by atoms with E-state index in [0.29, 0.717) is 11.4 Å². The highest BCUT2D eigenvalue weighted by Crippen LogP contribution is 2.40. The first kappa shape index (κ1) is 22.5. The lowest BCUT2D eigenvalue weighted by Gasteiger charge is -2.36. The molecule has 1 aromatic carbocycles. The second kappa shape index (κ2) is 9.60. The predicted octanol–water partition coefficient (Wildman–Crippen LogP) is 2.72. The van der Waals surface area contributed by atoms with Crippen LogP contribution in [-0.2, 0) is 4.79 Å². The smallest absolute Gasteiger partial charge is 0.242 e. The number of anilines is 1. The van der Waals surface area contributed by atoms with Crippen LogP contribution in [0.3, 0.4) is 0 Å². The molecule has 1 aliphatic rings. The summed E-state index contributed by atoms with van der Waals surface area (Å²) in [5.41, 5.74) is 0.822. The molecule has 3 unspecified atom stereocenters. The maximum absolute atomic E-state index is 12.9. The van der Waals surface area contributed by atoms with E-state index < -0.39 is 12.1 Å². The summed E-state index contributed by atoms with van der Waals surface area (Å²) in [5.74, 6) is -0.446. The van der Waals surface area contributed by atoms with Crippen LogP contribution in [0.4, 0.5) is 5.69 Å². The van der Waals surface area contributed by atoms with Crippen molar-refractivity contribution in [1.29, 1.82) is 5.26 Å². The van der Waals surface area contributed by atoms with Gasteiger partial charge in [0.1, 0.15) is 6.04 Å². The summed E-state index contributed by atoms with van der Waals surface area (Å²) in [6, 6.07) is 9.18. The van der Waals surface area contributed by atoms with Crippen molar-refractivity contribution in [3.8, 4) is 6.07 Å². The minimum absolute atomic E-state index is 0.00675. The van der Waals surface area contributed by atoms with E-state index in [4.69, 9.17) is 16.7 Å². The highest BCUT2D eigenvalue weighted by Gasteiger charge is 2.45. The van der Waals surface area contributed by atoms with E-state index in [1.165, 1.54) is 0 Å². The molecule has 6 nitrogen and oxygen atoms in total. The fourth-order valence-electron chi connectivity index (χ4n) is 3.76. The molecule has 154 valence electrons. The van der Waals surface area contributed by atoms with Gasteiger partial charge in [0.2, 0.25) is 5.91 Å². The molecular weight excluding hydrogens is 378 g/mol. The summed E-state index contributed by atoms with van der Waals surface area (Å²) in [6.07, 6.45) is 0.635. The number of benzene rings is 1. The Morgan fingerprint density at radius 2 is 2.18 bits per heavy atom. The standard InChI is InChI=1S/C21H30ClN3O3/c1-21(2,3)11-19-14(12-23)9-18(20(28)24-8-7-17(27)13-26)25(19)16-6-4-5-15(22)10-16/h4-6,10,14,17-19,26-27H,7-9,11,13H2,1-3H3,(H,24,28)/t14?,17-,18?,19?/m0/s1. The highest BCUT2D eigenvalue weighted by atomic mass is 35.5. The van der Waals surface area contributed by atoms with E-state index in [2.05, 4.69) is 32.2 Å². The van der Waals surface area contributed by atoms with E-state index in [9.17, 15) is 15.2 Å². The van der Waals surface area contributed by atoms with Gasteiger partial charge in [-0.2, -0.15) is 5.26 Å². The molecule has 0 spiro atoms. The van der Waals surface area contributed by atoms with Crippen molar-refractivity contribution >= 4 is 23.2 Å². The van der Waals surface area contributed by atoms with Crippen LogP contribution in [0, 0.1) is 22.7 Å². The van der Waals surface area contributed by atoms with E-state index in [1.54, 1.807) is 6.07 Å². The summed E-state index contributed by atoms with van der Waals surface area (Å²) in [5, 5.41) is 31.6. The number of amides is 1. The lowest BCUT2D eigenvalue weighted by molar-refractivity contribution is -0.122. The number of aliphatic hydroxyl groups is 2. The zero-order valence-electron chi connectivity index (χ0n) is 16.7. The van der Waals surface area contributed by atoms with Crippen molar-refractivity contribution in [2.24, 2.45) is 11.3 Å². The normalized spacial score (nSPS) is 23.3. The van der Waals surface area contributed by atoms with E-state index in [0.717, 1.165) is 12.1 Å². The Hall–Kier alpha value is -1.81. The van der Waals surface area contributed by atoms with Gasteiger partial charge >= 0.3 is 0 Å². The minimum Gasteiger partial charge on any atom is -0.394 e. The molecule has 1 amide bonds. The Kier molecular flexibility index (Phi) is 7.70. The van der Waals surface area contributed by atoms with Gasteiger partial charge in [0.15, 0.2) is 0 Å². The molecule has 7 heteroatoms. The molecule has 1 saturated heterocycles. The second-order valence-electron chi connectivity index (χ2n) is 8.62. The number of nitriles is 1. The molecule has 1 aliphatic heterocycles. The number of aliphatic hydroxyl groups excluding tert-OH is 2. The number of rotatable bonds is 7. The largest absolute Gasteiger partial charge is 0.394 e. The van der Waals surface area contributed by atoms with Crippen molar-refractivity contribution in [2.75, 3.05) is 18.1 Å². The molecule has 3 N–H and O–H groups in total.